The number of hydrogen-bond acceptors (Lipinski definition) is 0. The van der Waals surface area contributed by atoms with E-state index in [-0.39, 0.29) is 5.92 Å². The van der Waals surface area contributed by atoms with Crippen LogP contribution in [0.4, 0.5) is 0 Å². The Morgan fingerprint density at radius 3 is 1.97 bits per heavy atom. The standard InChI is InChI=1S/C35H24BrN/c36-27-20-17-25(18-21-27)35(31-15-8-10-24-9-4-5-13-29(24)31)26-19-22-34-32(23-26)30-14-6-7-16-33(30)37(34)28-11-2-1-3-12-28/h1-23,35H. The molecule has 6 aromatic carbocycles. The maximum atomic E-state index is 3.63. The first-order chi connectivity index (χ1) is 18.3. The maximum absolute atomic E-state index is 3.63. The molecule has 0 saturated heterocycles. The molecule has 2 heteroatoms. The third kappa shape index (κ3) is 3.77. The van der Waals surface area contributed by atoms with Crippen LogP contribution in [0.3, 0.4) is 0 Å². The summed E-state index contributed by atoms with van der Waals surface area (Å²) in [4.78, 5) is 0. The van der Waals surface area contributed by atoms with E-state index in [1.165, 1.54) is 55.0 Å². The summed E-state index contributed by atoms with van der Waals surface area (Å²) < 4.78 is 3.47. The van der Waals surface area contributed by atoms with Crippen LogP contribution in [0.25, 0.3) is 38.3 Å². The SMILES string of the molecule is Brc1ccc(C(c2ccc3c(c2)c2ccccc2n3-c2ccccc2)c2cccc3ccccc23)cc1. The van der Waals surface area contributed by atoms with E-state index in [2.05, 4.69) is 160 Å². The molecular weight excluding hydrogens is 514 g/mol. The van der Waals surface area contributed by atoms with Gasteiger partial charge in [-0.15, -0.1) is 0 Å². The monoisotopic (exact) mass is 537 g/mol. The molecule has 7 rings (SSSR count). The van der Waals surface area contributed by atoms with Gasteiger partial charge in [0.15, 0.2) is 0 Å². The summed E-state index contributed by atoms with van der Waals surface area (Å²) >= 11 is 3.63. The van der Waals surface area contributed by atoms with Crippen molar-refractivity contribution < 1.29 is 0 Å². The van der Waals surface area contributed by atoms with Gasteiger partial charge in [-0.05, 0) is 69.9 Å². The quantitative estimate of drug-likeness (QED) is 0.197. The van der Waals surface area contributed by atoms with E-state index in [4.69, 9.17) is 0 Å². The molecule has 0 spiro atoms. The highest BCUT2D eigenvalue weighted by Gasteiger charge is 2.21. The molecule has 1 heterocycles. The van der Waals surface area contributed by atoms with E-state index in [1.807, 2.05) is 0 Å². The van der Waals surface area contributed by atoms with E-state index in [0.29, 0.717) is 0 Å². The van der Waals surface area contributed by atoms with Gasteiger partial charge in [-0.1, -0.05) is 113 Å². The van der Waals surface area contributed by atoms with Gasteiger partial charge in [0.1, 0.15) is 0 Å². The first-order valence-electron chi connectivity index (χ1n) is 12.6. The minimum atomic E-state index is 0.113. The van der Waals surface area contributed by atoms with E-state index in [0.717, 1.165) is 4.47 Å². The second-order valence-electron chi connectivity index (χ2n) is 9.52. The highest BCUT2D eigenvalue weighted by molar-refractivity contribution is 9.10. The highest BCUT2D eigenvalue weighted by atomic mass is 79.9. The molecule has 37 heavy (non-hydrogen) atoms. The average molecular weight is 538 g/mol. The molecule has 1 nitrogen and oxygen atoms in total. The van der Waals surface area contributed by atoms with Gasteiger partial charge in [0.25, 0.3) is 0 Å². The van der Waals surface area contributed by atoms with Crippen molar-refractivity contribution in [2.45, 2.75) is 5.92 Å². The Labute approximate surface area is 224 Å². The van der Waals surface area contributed by atoms with Crippen molar-refractivity contribution >= 4 is 48.5 Å². The Morgan fingerprint density at radius 2 is 1.14 bits per heavy atom. The molecule has 0 fully saturated rings. The predicted octanol–water partition coefficient (Wildman–Crippen LogP) is 9.88. The normalized spacial score (nSPS) is 12.4. The van der Waals surface area contributed by atoms with E-state index in [1.54, 1.807) is 0 Å². The lowest BCUT2D eigenvalue weighted by molar-refractivity contribution is 0.991. The Kier molecular flexibility index (Phi) is 5.41. The molecule has 0 aliphatic rings. The summed E-state index contributed by atoms with van der Waals surface area (Å²) in [6, 6.07) is 50.6. The second kappa shape index (κ2) is 9.06. The molecule has 0 N–H and O–H groups in total. The van der Waals surface area contributed by atoms with Gasteiger partial charge in [0.2, 0.25) is 0 Å². The molecule has 0 bridgehead atoms. The van der Waals surface area contributed by atoms with Crippen LogP contribution in [-0.2, 0) is 0 Å². The first-order valence-corrected chi connectivity index (χ1v) is 13.4. The summed E-state index contributed by atoms with van der Waals surface area (Å²) in [5.74, 6) is 0.113. The van der Waals surface area contributed by atoms with Crippen molar-refractivity contribution in [3.8, 4) is 5.69 Å². The minimum absolute atomic E-state index is 0.113. The number of halogens is 1. The topological polar surface area (TPSA) is 4.93 Å². The number of benzene rings is 6. The smallest absolute Gasteiger partial charge is 0.0541 e. The summed E-state index contributed by atoms with van der Waals surface area (Å²) in [5, 5.41) is 5.11. The molecule has 0 radical (unpaired) electrons. The van der Waals surface area contributed by atoms with Crippen molar-refractivity contribution in [1.82, 2.24) is 4.57 Å². The van der Waals surface area contributed by atoms with Crippen LogP contribution in [0.2, 0.25) is 0 Å². The van der Waals surface area contributed by atoms with E-state index in [9.17, 15) is 0 Å². The van der Waals surface area contributed by atoms with Gasteiger partial charge in [-0.2, -0.15) is 0 Å². The molecule has 0 aliphatic heterocycles. The lowest BCUT2D eigenvalue weighted by Gasteiger charge is -2.21. The molecule has 1 aromatic heterocycles. The average Bonchev–Trinajstić information content (AvgIpc) is 3.29. The fraction of sp³-hybridized carbons (Fsp3) is 0.0286. The fourth-order valence-electron chi connectivity index (χ4n) is 5.73. The third-order valence-electron chi connectivity index (χ3n) is 7.38. The molecule has 1 atom stereocenters. The van der Waals surface area contributed by atoms with E-state index < -0.39 is 0 Å². The maximum Gasteiger partial charge on any atom is 0.0541 e. The Hall–Kier alpha value is -4.14. The minimum Gasteiger partial charge on any atom is -0.309 e. The van der Waals surface area contributed by atoms with Crippen LogP contribution in [-0.4, -0.2) is 4.57 Å². The van der Waals surface area contributed by atoms with Crippen LogP contribution in [0.1, 0.15) is 22.6 Å². The van der Waals surface area contributed by atoms with Gasteiger partial charge in [-0.3, -0.25) is 0 Å². The van der Waals surface area contributed by atoms with Crippen LogP contribution in [0.15, 0.2) is 144 Å². The van der Waals surface area contributed by atoms with Gasteiger partial charge in [-0.25, -0.2) is 0 Å². The molecule has 1 unspecified atom stereocenters. The largest absolute Gasteiger partial charge is 0.309 e. The lowest BCUT2D eigenvalue weighted by atomic mass is 9.82. The number of rotatable bonds is 4. The third-order valence-corrected chi connectivity index (χ3v) is 7.91. The number of fused-ring (bicyclic) bond motifs is 4. The number of nitrogens with zero attached hydrogens (tertiary/aromatic N) is 1. The highest BCUT2D eigenvalue weighted by Crippen LogP contribution is 2.40. The molecule has 7 aromatic rings. The Morgan fingerprint density at radius 1 is 0.486 bits per heavy atom. The van der Waals surface area contributed by atoms with Crippen molar-refractivity contribution in [3.63, 3.8) is 0 Å². The summed E-state index contributed by atoms with van der Waals surface area (Å²) in [7, 11) is 0. The summed E-state index contributed by atoms with van der Waals surface area (Å²) in [6.07, 6.45) is 0. The van der Waals surface area contributed by atoms with Gasteiger partial charge in [0, 0.05) is 26.9 Å². The van der Waals surface area contributed by atoms with E-state index >= 15 is 0 Å². The van der Waals surface area contributed by atoms with Gasteiger partial charge >= 0.3 is 0 Å². The molecule has 0 amide bonds. The zero-order valence-corrected chi connectivity index (χ0v) is 21.8. The fourth-order valence-corrected chi connectivity index (χ4v) is 6.00. The van der Waals surface area contributed by atoms with Crippen LogP contribution < -0.4 is 0 Å². The number of hydrogen-bond donors (Lipinski definition) is 0. The summed E-state index contributed by atoms with van der Waals surface area (Å²) in [5.41, 5.74) is 7.54. The molecular formula is C35H24BrN. The molecule has 0 saturated carbocycles. The van der Waals surface area contributed by atoms with Crippen LogP contribution in [0.5, 0.6) is 0 Å². The second-order valence-corrected chi connectivity index (χ2v) is 10.4. The Bertz CT molecular complexity index is 1880. The summed E-state index contributed by atoms with van der Waals surface area (Å²) in [6.45, 7) is 0. The first kappa shape index (κ1) is 22.1. The van der Waals surface area contributed by atoms with Crippen molar-refractivity contribution in [2.24, 2.45) is 0 Å². The van der Waals surface area contributed by atoms with Crippen molar-refractivity contribution in [3.05, 3.63) is 161 Å². The molecule has 176 valence electrons. The lowest BCUT2D eigenvalue weighted by Crippen LogP contribution is -2.04. The van der Waals surface area contributed by atoms with Crippen molar-refractivity contribution in [1.29, 1.82) is 0 Å². The number of aromatic nitrogens is 1. The predicted molar refractivity (Wildman–Crippen MR) is 160 cm³/mol. The van der Waals surface area contributed by atoms with Gasteiger partial charge in [0.05, 0.1) is 11.0 Å². The van der Waals surface area contributed by atoms with Crippen molar-refractivity contribution in [2.75, 3.05) is 0 Å². The van der Waals surface area contributed by atoms with Crippen LogP contribution >= 0.6 is 15.9 Å². The zero-order chi connectivity index (χ0) is 24.8. The Balaban J connectivity index is 1.52. The number of para-hydroxylation sites is 2. The zero-order valence-electron chi connectivity index (χ0n) is 20.2. The molecule has 0 aliphatic carbocycles. The van der Waals surface area contributed by atoms with Gasteiger partial charge < -0.3 is 4.57 Å². The van der Waals surface area contributed by atoms with Crippen LogP contribution in [0, 0.1) is 0 Å².